The van der Waals surface area contributed by atoms with Crippen LogP contribution in [0.15, 0.2) is 180 Å². The normalized spacial score (nSPS) is 11.6. The van der Waals surface area contributed by atoms with Crippen LogP contribution in [0.2, 0.25) is 0 Å². The number of rotatable bonds is 5. The number of para-hydroxylation sites is 3. The smallest absolute Gasteiger partial charge is 0.180 e. The second-order valence-electron chi connectivity index (χ2n) is 12.6. The van der Waals surface area contributed by atoms with E-state index in [1.807, 2.05) is 24.3 Å². The van der Waals surface area contributed by atoms with Crippen LogP contribution in [-0.2, 0) is 0 Å². The molecule has 10 aromatic rings. The Bertz CT molecular complexity index is 2830. The fourth-order valence-electron chi connectivity index (χ4n) is 7.26. The van der Waals surface area contributed by atoms with Crippen LogP contribution in [0, 0.1) is 0 Å². The Morgan fingerprint density at radius 3 is 1.68 bits per heavy atom. The molecule has 0 spiro atoms. The predicted octanol–water partition coefficient (Wildman–Crippen LogP) is 12.1. The van der Waals surface area contributed by atoms with Gasteiger partial charge in [-0.25, -0.2) is 9.97 Å². The lowest BCUT2D eigenvalue weighted by molar-refractivity contribution is 0.667. The maximum atomic E-state index is 6.50. The Kier molecular flexibility index (Phi) is 6.46. The first-order valence-corrected chi connectivity index (χ1v) is 16.8. The summed E-state index contributed by atoms with van der Waals surface area (Å²) in [5, 5.41) is 3.43. The van der Waals surface area contributed by atoms with Gasteiger partial charge >= 0.3 is 0 Å². The molecule has 0 aliphatic heterocycles. The molecule has 7 aromatic carbocycles. The summed E-state index contributed by atoms with van der Waals surface area (Å²) >= 11 is 0. The lowest BCUT2D eigenvalue weighted by Crippen LogP contribution is -1.97. The van der Waals surface area contributed by atoms with Crippen LogP contribution in [-0.4, -0.2) is 14.5 Å². The molecule has 0 saturated carbocycles. The molecule has 0 aliphatic carbocycles. The molecule has 0 saturated heterocycles. The number of hydrogen-bond donors (Lipinski definition) is 0. The van der Waals surface area contributed by atoms with Crippen molar-refractivity contribution in [2.75, 3.05) is 0 Å². The second-order valence-corrected chi connectivity index (χ2v) is 12.6. The van der Waals surface area contributed by atoms with Gasteiger partial charge in [-0.15, -0.1) is 0 Å². The van der Waals surface area contributed by atoms with Gasteiger partial charge in [-0.05, 0) is 70.8 Å². The molecule has 0 aliphatic rings. The van der Waals surface area contributed by atoms with E-state index < -0.39 is 0 Å². The molecule has 10 rings (SSSR count). The van der Waals surface area contributed by atoms with E-state index in [0.29, 0.717) is 11.4 Å². The first-order valence-electron chi connectivity index (χ1n) is 16.8. The molecule has 0 bridgehead atoms. The zero-order valence-corrected chi connectivity index (χ0v) is 27.0. The van der Waals surface area contributed by atoms with Crippen LogP contribution in [0.4, 0.5) is 0 Å². The van der Waals surface area contributed by atoms with Gasteiger partial charge in [0, 0.05) is 33.0 Å². The topological polar surface area (TPSA) is 43.9 Å². The van der Waals surface area contributed by atoms with Crippen LogP contribution < -0.4 is 0 Å². The molecule has 234 valence electrons. The Morgan fingerprint density at radius 2 is 0.940 bits per heavy atom. The Hall–Kier alpha value is -6.78. The van der Waals surface area contributed by atoms with Crippen molar-refractivity contribution in [2.45, 2.75) is 0 Å². The van der Waals surface area contributed by atoms with Gasteiger partial charge < -0.3 is 8.98 Å². The average Bonchev–Trinajstić information content (AvgIpc) is 3.74. The van der Waals surface area contributed by atoms with Gasteiger partial charge in [0.1, 0.15) is 16.8 Å². The third kappa shape index (κ3) is 4.61. The van der Waals surface area contributed by atoms with Gasteiger partial charge in [-0.3, -0.25) is 0 Å². The first-order chi connectivity index (χ1) is 24.8. The quantitative estimate of drug-likeness (QED) is 0.188. The highest BCUT2D eigenvalue weighted by molar-refractivity contribution is 6.09. The van der Waals surface area contributed by atoms with Crippen LogP contribution in [0.5, 0.6) is 0 Å². The summed E-state index contributed by atoms with van der Waals surface area (Å²) in [7, 11) is 0. The van der Waals surface area contributed by atoms with E-state index in [-0.39, 0.29) is 0 Å². The monoisotopic (exact) mass is 639 g/mol. The van der Waals surface area contributed by atoms with E-state index >= 15 is 0 Å². The van der Waals surface area contributed by atoms with E-state index in [4.69, 9.17) is 14.4 Å². The van der Waals surface area contributed by atoms with Crippen molar-refractivity contribution < 1.29 is 4.42 Å². The van der Waals surface area contributed by atoms with Gasteiger partial charge in [0.2, 0.25) is 0 Å². The second kappa shape index (κ2) is 11.4. The van der Waals surface area contributed by atoms with E-state index in [2.05, 4.69) is 156 Å². The number of furan rings is 1. The van der Waals surface area contributed by atoms with Crippen molar-refractivity contribution in [2.24, 2.45) is 0 Å². The summed E-state index contributed by atoms with van der Waals surface area (Å²) in [5.74, 6) is 0.651. The zero-order valence-electron chi connectivity index (χ0n) is 27.0. The summed E-state index contributed by atoms with van der Waals surface area (Å²) in [4.78, 5) is 10.4. The lowest BCUT2D eigenvalue weighted by Gasteiger charge is -2.11. The Balaban J connectivity index is 1.15. The molecule has 0 amide bonds. The fraction of sp³-hybridized carbons (Fsp3) is 0. The highest BCUT2D eigenvalue weighted by atomic mass is 16.3. The summed E-state index contributed by atoms with van der Waals surface area (Å²) in [6.07, 6.45) is 0. The Labute approximate surface area is 288 Å². The van der Waals surface area contributed by atoms with Crippen molar-refractivity contribution in [3.05, 3.63) is 176 Å². The molecular weight excluding hydrogens is 611 g/mol. The van der Waals surface area contributed by atoms with E-state index in [9.17, 15) is 0 Å². The molecule has 0 N–H and O–H groups in total. The molecule has 4 heteroatoms. The number of fused-ring (bicyclic) bond motifs is 6. The molecule has 0 atom stereocenters. The lowest BCUT2D eigenvalue weighted by atomic mass is 9.97. The minimum atomic E-state index is 0.651. The third-order valence-corrected chi connectivity index (χ3v) is 9.60. The minimum Gasteiger partial charge on any atom is -0.452 e. The zero-order chi connectivity index (χ0) is 33.0. The van der Waals surface area contributed by atoms with E-state index in [1.165, 1.54) is 21.9 Å². The number of benzene rings is 7. The largest absolute Gasteiger partial charge is 0.452 e. The van der Waals surface area contributed by atoms with Gasteiger partial charge in [0.15, 0.2) is 11.4 Å². The summed E-state index contributed by atoms with van der Waals surface area (Å²) in [6, 6.07) is 61.5. The molecule has 4 nitrogen and oxygen atoms in total. The average molecular weight is 640 g/mol. The Morgan fingerprint density at radius 1 is 0.400 bits per heavy atom. The molecular formula is C46H29N3O. The van der Waals surface area contributed by atoms with Gasteiger partial charge in [-0.1, -0.05) is 127 Å². The standard InChI is InChI=1S/C46H29N3O/c1-2-13-30(14-3-1)31-15-10-16-32(27-31)33-17-11-18-34(28-33)43-45-44(39-23-6-9-26-42(39)50-45)48-46(47-43)35-19-12-20-36(29-35)49-40-24-7-4-21-37(40)38-22-5-8-25-41(38)49/h1-29H. The predicted molar refractivity (Wildman–Crippen MR) is 205 cm³/mol. The highest BCUT2D eigenvalue weighted by Crippen LogP contribution is 2.38. The van der Waals surface area contributed by atoms with Gasteiger partial charge in [0.25, 0.3) is 0 Å². The van der Waals surface area contributed by atoms with Crippen molar-refractivity contribution in [3.8, 4) is 50.6 Å². The third-order valence-electron chi connectivity index (χ3n) is 9.60. The van der Waals surface area contributed by atoms with Crippen molar-refractivity contribution >= 4 is 43.9 Å². The van der Waals surface area contributed by atoms with E-state index in [1.54, 1.807) is 0 Å². The van der Waals surface area contributed by atoms with Crippen LogP contribution in [0.25, 0.3) is 94.5 Å². The van der Waals surface area contributed by atoms with Crippen LogP contribution >= 0.6 is 0 Å². The maximum absolute atomic E-state index is 6.50. The first kappa shape index (κ1) is 28.3. The number of aromatic nitrogens is 3. The van der Waals surface area contributed by atoms with Gasteiger partial charge in [-0.2, -0.15) is 0 Å². The number of nitrogens with zero attached hydrogens (tertiary/aromatic N) is 3. The fourth-order valence-corrected chi connectivity index (χ4v) is 7.26. The molecule has 50 heavy (non-hydrogen) atoms. The van der Waals surface area contributed by atoms with Gasteiger partial charge in [0.05, 0.1) is 11.0 Å². The molecule has 0 radical (unpaired) electrons. The summed E-state index contributed by atoms with van der Waals surface area (Å²) < 4.78 is 8.83. The van der Waals surface area contributed by atoms with Crippen molar-refractivity contribution in [1.82, 2.24) is 14.5 Å². The molecule has 3 aromatic heterocycles. The summed E-state index contributed by atoms with van der Waals surface area (Å²) in [5.41, 5.74) is 13.0. The maximum Gasteiger partial charge on any atom is 0.180 e. The SMILES string of the molecule is c1ccc(-c2cccc(-c3cccc(-c4nc(-c5cccc(-n6c7ccccc7c7ccccc76)c5)nc5c4oc4ccccc45)c3)c2)cc1. The van der Waals surface area contributed by atoms with Crippen molar-refractivity contribution in [1.29, 1.82) is 0 Å². The molecule has 3 heterocycles. The summed E-state index contributed by atoms with van der Waals surface area (Å²) in [6.45, 7) is 0. The van der Waals surface area contributed by atoms with Crippen LogP contribution in [0.3, 0.4) is 0 Å². The highest BCUT2D eigenvalue weighted by Gasteiger charge is 2.19. The van der Waals surface area contributed by atoms with E-state index in [0.717, 1.165) is 61.2 Å². The molecule has 0 unspecified atom stereocenters. The van der Waals surface area contributed by atoms with Crippen LogP contribution in [0.1, 0.15) is 0 Å². The minimum absolute atomic E-state index is 0.651. The molecule has 0 fully saturated rings. The number of hydrogen-bond acceptors (Lipinski definition) is 3. The van der Waals surface area contributed by atoms with Crippen molar-refractivity contribution in [3.63, 3.8) is 0 Å².